The summed E-state index contributed by atoms with van der Waals surface area (Å²) in [5, 5.41) is 14.2. The molecule has 0 unspecified atom stereocenters. The number of ether oxygens (including phenoxy) is 2. The fraction of sp³-hybridized carbons (Fsp3) is 0.286. The van der Waals surface area contributed by atoms with Crippen LogP contribution in [0.3, 0.4) is 0 Å². The number of nitro benzene ring substituents is 1. The lowest BCUT2D eigenvalue weighted by atomic mass is 10.2. The first-order valence-corrected chi connectivity index (χ1v) is 6.67. The fourth-order valence-electron chi connectivity index (χ4n) is 1.62. The van der Waals surface area contributed by atoms with Gasteiger partial charge in [0.25, 0.3) is 0 Å². The maximum absolute atomic E-state index is 13.7. The second-order valence-corrected chi connectivity index (χ2v) is 5.67. The molecule has 1 aromatic carbocycles. The molecule has 0 aliphatic heterocycles. The van der Waals surface area contributed by atoms with Crippen molar-refractivity contribution in [3.63, 3.8) is 0 Å². The van der Waals surface area contributed by atoms with Crippen LogP contribution >= 0.6 is 0 Å². The van der Waals surface area contributed by atoms with Crippen LogP contribution in [0.2, 0.25) is 0 Å². The van der Waals surface area contributed by atoms with E-state index in [4.69, 9.17) is 9.47 Å². The molecule has 0 aliphatic carbocycles. The van der Waals surface area contributed by atoms with E-state index in [-0.39, 0.29) is 5.88 Å². The SMILES string of the molecule is CC(C)(C)OC(=O)n1ccc(Oc2cc(F)c([N+](=O)[O-])cc2F)n1. The van der Waals surface area contributed by atoms with Gasteiger partial charge in [-0.15, -0.1) is 5.10 Å². The Morgan fingerprint density at radius 3 is 2.54 bits per heavy atom. The molecule has 1 aromatic heterocycles. The van der Waals surface area contributed by atoms with Crippen LogP contribution < -0.4 is 4.74 Å². The molecule has 0 saturated heterocycles. The third-order valence-corrected chi connectivity index (χ3v) is 2.56. The van der Waals surface area contributed by atoms with Crippen molar-refractivity contribution in [2.75, 3.05) is 0 Å². The van der Waals surface area contributed by atoms with Gasteiger partial charge < -0.3 is 9.47 Å². The van der Waals surface area contributed by atoms with Gasteiger partial charge in [0.15, 0.2) is 11.6 Å². The molecule has 10 heteroatoms. The van der Waals surface area contributed by atoms with E-state index in [1.807, 2.05) is 0 Å². The minimum absolute atomic E-state index is 0.215. The van der Waals surface area contributed by atoms with Crippen molar-refractivity contribution >= 4 is 11.8 Å². The number of aromatic nitrogens is 2. The van der Waals surface area contributed by atoms with Gasteiger partial charge in [0, 0.05) is 18.3 Å². The summed E-state index contributed by atoms with van der Waals surface area (Å²) < 4.78 is 38.2. The molecule has 0 fully saturated rings. The van der Waals surface area contributed by atoms with E-state index >= 15 is 0 Å². The number of hydrogen-bond acceptors (Lipinski definition) is 6. The minimum atomic E-state index is -1.26. The first-order chi connectivity index (χ1) is 11.1. The molecule has 2 aromatic rings. The zero-order chi connectivity index (χ0) is 18.1. The van der Waals surface area contributed by atoms with Crippen molar-refractivity contribution in [1.29, 1.82) is 0 Å². The topological polar surface area (TPSA) is 96.5 Å². The molecule has 0 radical (unpaired) electrons. The Bertz CT molecular complexity index is 798. The van der Waals surface area contributed by atoms with Gasteiger partial charge >= 0.3 is 11.8 Å². The van der Waals surface area contributed by atoms with Crippen LogP contribution in [-0.4, -0.2) is 26.4 Å². The predicted octanol–water partition coefficient (Wildman–Crippen LogP) is 3.65. The van der Waals surface area contributed by atoms with Gasteiger partial charge in [-0.25, -0.2) is 9.18 Å². The zero-order valence-corrected chi connectivity index (χ0v) is 12.9. The average molecular weight is 341 g/mol. The normalized spacial score (nSPS) is 11.2. The van der Waals surface area contributed by atoms with Crippen molar-refractivity contribution in [2.24, 2.45) is 0 Å². The molecule has 24 heavy (non-hydrogen) atoms. The fourth-order valence-corrected chi connectivity index (χ4v) is 1.62. The van der Waals surface area contributed by atoms with Gasteiger partial charge in [0.05, 0.1) is 11.0 Å². The molecule has 1 heterocycles. The molecule has 8 nitrogen and oxygen atoms in total. The molecule has 0 atom stereocenters. The van der Waals surface area contributed by atoms with Gasteiger partial charge in [-0.1, -0.05) is 0 Å². The highest BCUT2D eigenvalue weighted by Gasteiger charge is 2.21. The Labute approximate surface area is 134 Å². The lowest BCUT2D eigenvalue weighted by Crippen LogP contribution is -2.27. The largest absolute Gasteiger partial charge is 0.442 e. The van der Waals surface area contributed by atoms with Gasteiger partial charge in [-0.05, 0) is 20.8 Å². The summed E-state index contributed by atoms with van der Waals surface area (Å²) >= 11 is 0. The van der Waals surface area contributed by atoms with Crippen LogP contribution in [0.25, 0.3) is 0 Å². The number of rotatable bonds is 3. The van der Waals surface area contributed by atoms with Crippen molar-refractivity contribution in [2.45, 2.75) is 26.4 Å². The minimum Gasteiger partial charge on any atom is -0.442 e. The molecular formula is C14H13F2N3O5. The van der Waals surface area contributed by atoms with Gasteiger partial charge in [-0.3, -0.25) is 10.1 Å². The van der Waals surface area contributed by atoms with E-state index < -0.39 is 39.7 Å². The molecule has 0 aliphatic rings. The molecule has 0 spiro atoms. The number of halogens is 2. The zero-order valence-electron chi connectivity index (χ0n) is 12.9. The highest BCUT2D eigenvalue weighted by atomic mass is 19.1. The number of nitro groups is 1. The number of carbonyl (C=O) groups excluding carboxylic acids is 1. The van der Waals surface area contributed by atoms with E-state index in [1.165, 1.54) is 12.3 Å². The van der Waals surface area contributed by atoms with E-state index in [2.05, 4.69) is 5.10 Å². The van der Waals surface area contributed by atoms with Crippen LogP contribution in [0, 0.1) is 21.7 Å². The van der Waals surface area contributed by atoms with Crippen molar-refractivity contribution in [1.82, 2.24) is 9.78 Å². The molecular weight excluding hydrogens is 328 g/mol. The second kappa shape index (κ2) is 6.22. The highest BCUT2D eigenvalue weighted by Crippen LogP contribution is 2.29. The lowest BCUT2D eigenvalue weighted by Gasteiger charge is -2.18. The van der Waals surface area contributed by atoms with E-state index in [1.54, 1.807) is 20.8 Å². The standard InChI is InChI=1S/C14H13F2N3O5/c1-14(2,3)24-13(20)18-5-4-12(17-18)23-11-7-8(15)10(19(21)22)6-9(11)16/h4-7H,1-3H3. The quantitative estimate of drug-likeness (QED) is 0.624. The Kier molecular flexibility index (Phi) is 4.49. The van der Waals surface area contributed by atoms with Crippen LogP contribution in [0.15, 0.2) is 24.4 Å². The summed E-state index contributed by atoms with van der Waals surface area (Å²) in [4.78, 5) is 21.3. The number of hydrogen-bond donors (Lipinski definition) is 0. The Morgan fingerprint density at radius 1 is 1.29 bits per heavy atom. The summed E-state index contributed by atoms with van der Waals surface area (Å²) in [5.74, 6) is -3.22. The Hall–Kier alpha value is -3.04. The van der Waals surface area contributed by atoms with Crippen LogP contribution in [0.4, 0.5) is 19.3 Å². The first kappa shape index (κ1) is 17.3. The molecule has 0 bridgehead atoms. The lowest BCUT2D eigenvalue weighted by molar-refractivity contribution is -0.387. The summed E-state index contributed by atoms with van der Waals surface area (Å²) in [6.45, 7) is 5.00. The van der Waals surface area contributed by atoms with E-state index in [9.17, 15) is 23.7 Å². The molecule has 2 rings (SSSR count). The van der Waals surface area contributed by atoms with E-state index in [0.717, 1.165) is 4.68 Å². The maximum atomic E-state index is 13.7. The summed E-state index contributed by atoms with van der Waals surface area (Å²) in [6.07, 6.45) is 0.427. The maximum Gasteiger partial charge on any atom is 0.435 e. The van der Waals surface area contributed by atoms with Gasteiger partial charge in [-0.2, -0.15) is 9.07 Å². The third kappa shape index (κ3) is 4.03. The summed E-state index contributed by atoms with van der Waals surface area (Å²) in [7, 11) is 0. The predicted molar refractivity (Wildman–Crippen MR) is 76.9 cm³/mol. The third-order valence-electron chi connectivity index (χ3n) is 2.56. The Morgan fingerprint density at radius 2 is 1.96 bits per heavy atom. The number of benzene rings is 1. The second-order valence-electron chi connectivity index (χ2n) is 5.67. The Balaban J connectivity index is 2.20. The van der Waals surface area contributed by atoms with Crippen molar-refractivity contribution in [3.8, 4) is 11.6 Å². The number of carbonyl (C=O) groups is 1. The van der Waals surface area contributed by atoms with Crippen molar-refractivity contribution in [3.05, 3.63) is 46.1 Å². The van der Waals surface area contributed by atoms with Crippen molar-refractivity contribution < 1.29 is 28.0 Å². The molecule has 0 amide bonds. The first-order valence-electron chi connectivity index (χ1n) is 6.67. The van der Waals surface area contributed by atoms with Crippen LogP contribution in [0.1, 0.15) is 20.8 Å². The molecule has 0 N–H and O–H groups in total. The summed E-state index contributed by atoms with van der Waals surface area (Å²) in [6, 6.07) is 2.15. The summed E-state index contributed by atoms with van der Waals surface area (Å²) in [5.41, 5.74) is -1.75. The number of nitrogens with zero attached hydrogens (tertiary/aromatic N) is 3. The smallest absolute Gasteiger partial charge is 0.435 e. The monoisotopic (exact) mass is 341 g/mol. The average Bonchev–Trinajstić information content (AvgIpc) is 2.89. The van der Waals surface area contributed by atoms with Crippen LogP contribution in [0.5, 0.6) is 11.6 Å². The molecule has 128 valence electrons. The van der Waals surface area contributed by atoms with Gasteiger partial charge in [0.2, 0.25) is 11.7 Å². The molecule has 0 saturated carbocycles. The highest BCUT2D eigenvalue weighted by molar-refractivity contribution is 5.69. The van der Waals surface area contributed by atoms with Crippen LogP contribution in [-0.2, 0) is 4.74 Å². The van der Waals surface area contributed by atoms with E-state index in [0.29, 0.717) is 12.1 Å². The van der Waals surface area contributed by atoms with Gasteiger partial charge in [0.1, 0.15) is 5.60 Å².